The Hall–Kier alpha value is -1.44. The second kappa shape index (κ2) is 8.50. The molecular weight excluding hydrogens is 393 g/mol. The number of halogens is 2. The van der Waals surface area contributed by atoms with E-state index < -0.39 is 0 Å². The molecule has 1 aromatic heterocycles. The van der Waals surface area contributed by atoms with Crippen molar-refractivity contribution in [3.63, 3.8) is 0 Å². The molecule has 1 amide bonds. The summed E-state index contributed by atoms with van der Waals surface area (Å²) in [4.78, 5) is 12.2. The third-order valence-corrected chi connectivity index (χ3v) is 6.12. The Morgan fingerprint density at radius 1 is 1.35 bits per heavy atom. The highest BCUT2D eigenvalue weighted by Gasteiger charge is 2.23. The van der Waals surface area contributed by atoms with Crippen LogP contribution in [0.1, 0.15) is 32.6 Å². The molecule has 9 heteroatoms. The molecule has 0 spiro atoms. The minimum Gasteiger partial charge on any atom is -0.352 e. The fourth-order valence-electron chi connectivity index (χ4n) is 3.14. The molecular formula is C17H21Cl2N5OS. The molecule has 1 fully saturated rings. The Kier molecular flexibility index (Phi) is 6.32. The van der Waals surface area contributed by atoms with Gasteiger partial charge in [-0.25, -0.2) is 4.68 Å². The highest BCUT2D eigenvalue weighted by Crippen LogP contribution is 2.30. The number of nitrogens with one attached hydrogen (secondary N) is 1. The van der Waals surface area contributed by atoms with Crippen LogP contribution in [0.5, 0.6) is 0 Å². The molecule has 0 saturated heterocycles. The summed E-state index contributed by atoms with van der Waals surface area (Å²) in [6.45, 7) is 2.19. The van der Waals surface area contributed by atoms with Crippen LogP contribution in [0.4, 0.5) is 0 Å². The Balaban J connectivity index is 1.62. The Labute approximate surface area is 166 Å². The smallest absolute Gasteiger partial charge is 0.230 e. The van der Waals surface area contributed by atoms with E-state index in [-0.39, 0.29) is 17.7 Å². The maximum absolute atomic E-state index is 12.2. The number of nitrogens with zero attached hydrogens (tertiary/aromatic N) is 3. The third kappa shape index (κ3) is 4.45. The zero-order valence-corrected chi connectivity index (χ0v) is 16.7. The largest absolute Gasteiger partial charge is 0.352 e. The van der Waals surface area contributed by atoms with Crippen molar-refractivity contribution in [2.75, 3.05) is 11.6 Å². The number of hydrogen-bond acceptors (Lipinski definition) is 5. The van der Waals surface area contributed by atoms with Crippen LogP contribution in [-0.2, 0) is 4.79 Å². The maximum Gasteiger partial charge on any atom is 0.230 e. The number of nitrogen functional groups attached to an aromatic ring is 1. The van der Waals surface area contributed by atoms with E-state index in [1.807, 2.05) is 0 Å². The summed E-state index contributed by atoms with van der Waals surface area (Å²) in [6.07, 6.45) is 4.63. The van der Waals surface area contributed by atoms with E-state index in [4.69, 9.17) is 29.0 Å². The molecule has 3 rings (SSSR count). The van der Waals surface area contributed by atoms with Crippen molar-refractivity contribution in [2.24, 2.45) is 5.92 Å². The van der Waals surface area contributed by atoms with Crippen LogP contribution in [0.2, 0.25) is 10.0 Å². The van der Waals surface area contributed by atoms with Crippen molar-refractivity contribution in [3.05, 3.63) is 28.2 Å². The molecule has 1 aromatic carbocycles. The first kappa shape index (κ1) is 19.3. The molecule has 2 aromatic rings. The standard InChI is InChI=1S/C17H21Cl2N5OS/c1-10-4-2-3-5-14(10)21-15(25)9-26-17-23-22-16(24(17)20)12-7-6-11(18)8-13(12)19/h6-8,10,14H,2-5,9,20H2,1H3,(H,21,25)/t10-,14-/m1/s1. The first-order chi connectivity index (χ1) is 12.5. The van der Waals surface area contributed by atoms with Crippen LogP contribution in [0.15, 0.2) is 23.4 Å². The molecule has 26 heavy (non-hydrogen) atoms. The van der Waals surface area contributed by atoms with Gasteiger partial charge in [0.05, 0.1) is 10.8 Å². The summed E-state index contributed by atoms with van der Waals surface area (Å²) >= 11 is 13.4. The molecule has 1 heterocycles. The van der Waals surface area contributed by atoms with Gasteiger partial charge in [0.15, 0.2) is 5.82 Å². The normalized spacial score (nSPS) is 20.1. The minimum absolute atomic E-state index is 0.0113. The van der Waals surface area contributed by atoms with Gasteiger partial charge < -0.3 is 11.2 Å². The number of amides is 1. The lowest BCUT2D eigenvalue weighted by Crippen LogP contribution is -2.41. The van der Waals surface area contributed by atoms with Gasteiger partial charge in [0, 0.05) is 16.6 Å². The fourth-order valence-corrected chi connectivity index (χ4v) is 4.30. The van der Waals surface area contributed by atoms with Crippen LogP contribution in [0.3, 0.4) is 0 Å². The highest BCUT2D eigenvalue weighted by molar-refractivity contribution is 7.99. The number of hydrogen-bond donors (Lipinski definition) is 2. The number of aromatic nitrogens is 3. The second-order valence-corrected chi connectivity index (χ2v) is 8.31. The summed E-state index contributed by atoms with van der Waals surface area (Å²) in [5.41, 5.74) is 0.637. The Morgan fingerprint density at radius 2 is 2.12 bits per heavy atom. The molecule has 0 radical (unpaired) electrons. The predicted octanol–water partition coefficient (Wildman–Crippen LogP) is 3.75. The molecule has 2 atom stereocenters. The van der Waals surface area contributed by atoms with Crippen molar-refractivity contribution >= 4 is 40.9 Å². The van der Waals surface area contributed by atoms with E-state index in [0.717, 1.165) is 6.42 Å². The maximum atomic E-state index is 12.2. The van der Waals surface area contributed by atoms with Crippen molar-refractivity contribution in [1.29, 1.82) is 0 Å². The summed E-state index contributed by atoms with van der Waals surface area (Å²) < 4.78 is 1.34. The van der Waals surface area contributed by atoms with Crippen LogP contribution in [-0.4, -0.2) is 32.6 Å². The zero-order valence-electron chi connectivity index (χ0n) is 14.4. The average Bonchev–Trinajstić information content (AvgIpc) is 2.96. The van der Waals surface area contributed by atoms with E-state index in [9.17, 15) is 4.79 Å². The van der Waals surface area contributed by atoms with Crippen molar-refractivity contribution in [1.82, 2.24) is 20.2 Å². The predicted molar refractivity (Wildman–Crippen MR) is 106 cm³/mol. The molecule has 0 unspecified atom stereocenters. The molecule has 1 saturated carbocycles. The first-order valence-electron chi connectivity index (χ1n) is 8.53. The molecule has 6 nitrogen and oxygen atoms in total. The van der Waals surface area contributed by atoms with E-state index in [1.165, 1.54) is 35.7 Å². The Bertz CT molecular complexity index is 797. The monoisotopic (exact) mass is 413 g/mol. The minimum atomic E-state index is -0.0113. The molecule has 1 aliphatic carbocycles. The topological polar surface area (TPSA) is 85.8 Å². The molecule has 0 aliphatic heterocycles. The Morgan fingerprint density at radius 3 is 2.85 bits per heavy atom. The summed E-state index contributed by atoms with van der Waals surface area (Å²) in [7, 11) is 0. The van der Waals surface area contributed by atoms with Gasteiger partial charge in [-0.15, -0.1) is 10.2 Å². The van der Waals surface area contributed by atoms with Gasteiger partial charge in [-0.3, -0.25) is 4.79 Å². The summed E-state index contributed by atoms with van der Waals surface area (Å²) in [6, 6.07) is 5.34. The number of carbonyl (C=O) groups excluding carboxylic acids is 1. The number of thioether (sulfide) groups is 1. The number of benzene rings is 1. The average molecular weight is 414 g/mol. The SMILES string of the molecule is C[C@@H]1CCCC[C@H]1NC(=O)CSc1nnc(-c2ccc(Cl)cc2Cl)n1N. The zero-order chi connectivity index (χ0) is 18.7. The van der Waals surface area contributed by atoms with E-state index >= 15 is 0 Å². The molecule has 1 aliphatic rings. The van der Waals surface area contributed by atoms with Crippen LogP contribution < -0.4 is 11.2 Å². The highest BCUT2D eigenvalue weighted by atomic mass is 35.5. The quantitative estimate of drug-likeness (QED) is 0.575. The summed E-state index contributed by atoms with van der Waals surface area (Å²) in [5.74, 6) is 7.26. The second-order valence-electron chi connectivity index (χ2n) is 6.52. The van der Waals surface area contributed by atoms with E-state index in [0.29, 0.717) is 32.5 Å². The van der Waals surface area contributed by atoms with Gasteiger partial charge in [0.1, 0.15) is 0 Å². The van der Waals surface area contributed by atoms with Gasteiger partial charge in [-0.1, -0.05) is 54.7 Å². The van der Waals surface area contributed by atoms with Crippen molar-refractivity contribution < 1.29 is 4.79 Å². The van der Waals surface area contributed by atoms with Gasteiger partial charge in [-0.2, -0.15) is 0 Å². The number of rotatable bonds is 5. The van der Waals surface area contributed by atoms with Crippen molar-refractivity contribution in [2.45, 2.75) is 43.8 Å². The van der Waals surface area contributed by atoms with Gasteiger partial charge in [0.25, 0.3) is 0 Å². The van der Waals surface area contributed by atoms with Gasteiger partial charge in [-0.05, 0) is 37.0 Å². The lowest BCUT2D eigenvalue weighted by Gasteiger charge is -2.29. The lowest BCUT2D eigenvalue weighted by atomic mass is 9.86. The van der Waals surface area contributed by atoms with Gasteiger partial charge >= 0.3 is 0 Å². The third-order valence-electron chi connectivity index (χ3n) is 4.63. The van der Waals surface area contributed by atoms with Crippen molar-refractivity contribution in [3.8, 4) is 11.4 Å². The molecule has 3 N–H and O–H groups in total. The number of nitrogens with two attached hydrogens (primary N) is 1. The van der Waals surface area contributed by atoms with E-state index in [2.05, 4.69) is 22.4 Å². The molecule has 140 valence electrons. The first-order valence-corrected chi connectivity index (χ1v) is 10.3. The van der Waals surface area contributed by atoms with Gasteiger partial charge in [0.2, 0.25) is 11.1 Å². The lowest BCUT2D eigenvalue weighted by molar-refractivity contribution is -0.119. The van der Waals surface area contributed by atoms with Crippen LogP contribution in [0, 0.1) is 5.92 Å². The summed E-state index contributed by atoms with van der Waals surface area (Å²) in [5, 5.41) is 12.7. The van der Waals surface area contributed by atoms with Crippen LogP contribution >= 0.6 is 35.0 Å². The fraction of sp³-hybridized carbons (Fsp3) is 0.471. The molecule has 0 bridgehead atoms. The number of carbonyl (C=O) groups is 1. The van der Waals surface area contributed by atoms with Crippen LogP contribution in [0.25, 0.3) is 11.4 Å². The van der Waals surface area contributed by atoms with E-state index in [1.54, 1.807) is 18.2 Å².